The van der Waals surface area contributed by atoms with Crippen LogP contribution in [0.4, 0.5) is 0 Å². The average Bonchev–Trinajstić information content (AvgIpc) is 3.05. The van der Waals surface area contributed by atoms with E-state index < -0.39 is 0 Å². The van der Waals surface area contributed by atoms with Crippen molar-refractivity contribution in [1.82, 2.24) is 0 Å². The smallest absolute Gasteiger partial charge is 0.172 e. The van der Waals surface area contributed by atoms with E-state index in [2.05, 4.69) is 19.1 Å². The largest absolute Gasteiger partial charge is 0.468 e. The number of ketones is 1. The van der Waals surface area contributed by atoms with Crippen molar-refractivity contribution < 1.29 is 9.21 Å². The summed E-state index contributed by atoms with van der Waals surface area (Å²) in [4.78, 5) is 12.1. The first kappa shape index (κ1) is 16.9. The van der Waals surface area contributed by atoms with Gasteiger partial charge >= 0.3 is 0 Å². The molecule has 2 nitrogen and oxygen atoms in total. The highest BCUT2D eigenvalue weighted by atomic mass is 32.2. The van der Waals surface area contributed by atoms with Crippen molar-refractivity contribution in [3.8, 4) is 0 Å². The number of aryl methyl sites for hydroxylation is 1. The number of rotatable bonds is 10. The lowest BCUT2D eigenvalue weighted by atomic mass is 10.0. The Bertz CT molecular complexity index is 543. The van der Waals surface area contributed by atoms with Gasteiger partial charge in [0.1, 0.15) is 5.76 Å². The molecule has 0 fully saturated rings. The van der Waals surface area contributed by atoms with Crippen LogP contribution in [0.2, 0.25) is 0 Å². The van der Waals surface area contributed by atoms with E-state index in [1.807, 2.05) is 24.3 Å². The molecule has 1 heterocycles. The average molecular weight is 316 g/mol. The molecule has 118 valence electrons. The first-order valence-electron chi connectivity index (χ1n) is 8.02. The Morgan fingerprint density at radius 1 is 1.09 bits per heavy atom. The van der Waals surface area contributed by atoms with Gasteiger partial charge in [0.25, 0.3) is 0 Å². The Balaban J connectivity index is 1.73. The van der Waals surface area contributed by atoms with Gasteiger partial charge in [-0.1, -0.05) is 50.5 Å². The van der Waals surface area contributed by atoms with E-state index in [0.29, 0.717) is 5.75 Å². The lowest BCUT2D eigenvalue weighted by Crippen LogP contribution is -2.02. The van der Waals surface area contributed by atoms with Crippen molar-refractivity contribution in [2.24, 2.45) is 0 Å². The predicted octanol–water partition coefficient (Wildman–Crippen LogP) is 5.52. The number of thioether (sulfide) groups is 1. The van der Waals surface area contributed by atoms with Crippen molar-refractivity contribution in [3.63, 3.8) is 0 Å². The summed E-state index contributed by atoms with van der Waals surface area (Å²) in [6.07, 6.45) is 7.88. The molecule has 0 radical (unpaired) electrons. The van der Waals surface area contributed by atoms with Crippen LogP contribution in [0.15, 0.2) is 47.1 Å². The molecule has 0 aliphatic carbocycles. The van der Waals surface area contributed by atoms with E-state index in [-0.39, 0.29) is 5.78 Å². The third-order valence-electron chi connectivity index (χ3n) is 3.65. The molecule has 0 spiro atoms. The van der Waals surface area contributed by atoms with Crippen molar-refractivity contribution >= 4 is 17.5 Å². The van der Waals surface area contributed by atoms with Crippen LogP contribution in [0.5, 0.6) is 0 Å². The molecular formula is C19H24O2S. The van der Waals surface area contributed by atoms with Crippen molar-refractivity contribution in [3.05, 3.63) is 59.5 Å². The second kappa shape index (κ2) is 9.52. The first-order valence-corrected chi connectivity index (χ1v) is 9.17. The maximum atomic E-state index is 12.1. The summed E-state index contributed by atoms with van der Waals surface area (Å²) in [6.45, 7) is 2.23. The van der Waals surface area contributed by atoms with Gasteiger partial charge in [-0.3, -0.25) is 4.79 Å². The SMILES string of the molecule is CCCCCCc1ccc(C(=O)CSCc2ccco2)cc1. The minimum Gasteiger partial charge on any atom is -0.468 e. The molecule has 1 aromatic heterocycles. The number of hydrogen-bond donors (Lipinski definition) is 0. The fourth-order valence-corrected chi connectivity index (χ4v) is 3.16. The van der Waals surface area contributed by atoms with Gasteiger partial charge in [0.05, 0.1) is 17.8 Å². The van der Waals surface area contributed by atoms with Crippen LogP contribution in [0, 0.1) is 0 Å². The molecule has 0 atom stereocenters. The number of unbranched alkanes of at least 4 members (excludes halogenated alkanes) is 3. The van der Waals surface area contributed by atoms with Crippen LogP contribution < -0.4 is 0 Å². The van der Waals surface area contributed by atoms with E-state index >= 15 is 0 Å². The summed E-state index contributed by atoms with van der Waals surface area (Å²) in [6, 6.07) is 11.9. The van der Waals surface area contributed by atoms with Crippen molar-refractivity contribution in [1.29, 1.82) is 0 Å². The number of Topliss-reactive ketones (excluding diaryl/α,β-unsaturated/α-hetero) is 1. The lowest BCUT2D eigenvalue weighted by molar-refractivity contribution is 0.102. The molecule has 1 aromatic carbocycles. The Morgan fingerprint density at radius 2 is 1.91 bits per heavy atom. The standard InChI is InChI=1S/C19H24O2S/c1-2-3-4-5-7-16-9-11-17(12-10-16)19(20)15-22-14-18-8-6-13-21-18/h6,8-13H,2-5,7,14-15H2,1H3. The number of benzene rings is 1. The van der Waals surface area contributed by atoms with Gasteiger partial charge in [-0.25, -0.2) is 0 Å². The summed E-state index contributed by atoms with van der Waals surface area (Å²) in [5, 5.41) is 0. The zero-order chi connectivity index (χ0) is 15.6. The molecular weight excluding hydrogens is 292 g/mol. The quantitative estimate of drug-likeness (QED) is 0.427. The molecule has 0 amide bonds. The molecule has 0 saturated carbocycles. The minimum absolute atomic E-state index is 0.189. The maximum Gasteiger partial charge on any atom is 0.172 e. The van der Waals surface area contributed by atoms with Gasteiger partial charge in [0, 0.05) is 5.56 Å². The van der Waals surface area contributed by atoms with Gasteiger partial charge in [-0.15, -0.1) is 11.8 Å². The molecule has 0 aliphatic rings. The van der Waals surface area contributed by atoms with Crippen LogP contribution in [0.25, 0.3) is 0 Å². The van der Waals surface area contributed by atoms with Crippen LogP contribution in [0.1, 0.15) is 54.3 Å². The molecule has 0 saturated heterocycles. The molecule has 0 aliphatic heterocycles. The molecule has 2 rings (SSSR count). The second-order valence-electron chi connectivity index (χ2n) is 5.50. The Labute approximate surface area is 137 Å². The second-order valence-corrected chi connectivity index (χ2v) is 6.49. The van der Waals surface area contributed by atoms with Crippen LogP contribution in [-0.2, 0) is 12.2 Å². The van der Waals surface area contributed by atoms with Crippen LogP contribution in [0.3, 0.4) is 0 Å². The Kier molecular flexibility index (Phi) is 7.31. The van der Waals surface area contributed by atoms with Gasteiger partial charge in [0.2, 0.25) is 0 Å². The molecule has 22 heavy (non-hydrogen) atoms. The fourth-order valence-electron chi connectivity index (χ4n) is 2.34. The lowest BCUT2D eigenvalue weighted by Gasteiger charge is -2.04. The highest BCUT2D eigenvalue weighted by Gasteiger charge is 2.07. The minimum atomic E-state index is 0.189. The van der Waals surface area contributed by atoms with Gasteiger partial charge in [0.15, 0.2) is 5.78 Å². The molecule has 2 aromatic rings. The Hall–Kier alpha value is -1.48. The third-order valence-corrected chi connectivity index (χ3v) is 4.61. The fraction of sp³-hybridized carbons (Fsp3) is 0.421. The van der Waals surface area contributed by atoms with E-state index in [9.17, 15) is 4.79 Å². The van der Waals surface area contributed by atoms with Crippen molar-refractivity contribution in [2.45, 2.75) is 44.8 Å². The molecule has 0 unspecified atom stereocenters. The molecule has 0 N–H and O–H groups in total. The maximum absolute atomic E-state index is 12.1. The van der Waals surface area contributed by atoms with Crippen LogP contribution in [-0.4, -0.2) is 11.5 Å². The number of carbonyl (C=O) groups excluding carboxylic acids is 1. The summed E-state index contributed by atoms with van der Waals surface area (Å²) in [5.41, 5.74) is 2.14. The Morgan fingerprint density at radius 3 is 2.59 bits per heavy atom. The van der Waals surface area contributed by atoms with Crippen molar-refractivity contribution in [2.75, 3.05) is 5.75 Å². The third kappa shape index (κ3) is 5.72. The van der Waals surface area contributed by atoms with E-state index in [0.717, 1.165) is 23.5 Å². The summed E-state index contributed by atoms with van der Waals surface area (Å²) >= 11 is 1.59. The van der Waals surface area contributed by atoms with E-state index in [4.69, 9.17) is 4.42 Å². The first-order chi connectivity index (χ1) is 10.8. The predicted molar refractivity (Wildman–Crippen MR) is 93.5 cm³/mol. The van der Waals surface area contributed by atoms with E-state index in [1.54, 1.807) is 18.0 Å². The zero-order valence-corrected chi connectivity index (χ0v) is 14.0. The monoisotopic (exact) mass is 316 g/mol. The zero-order valence-electron chi connectivity index (χ0n) is 13.2. The highest BCUT2D eigenvalue weighted by molar-refractivity contribution is 7.99. The van der Waals surface area contributed by atoms with Gasteiger partial charge < -0.3 is 4.42 Å². The molecule has 0 bridgehead atoms. The number of furan rings is 1. The molecule has 3 heteroatoms. The highest BCUT2D eigenvalue weighted by Crippen LogP contribution is 2.15. The van der Waals surface area contributed by atoms with Crippen LogP contribution >= 0.6 is 11.8 Å². The normalized spacial score (nSPS) is 10.8. The summed E-state index contributed by atoms with van der Waals surface area (Å²) in [7, 11) is 0. The summed E-state index contributed by atoms with van der Waals surface area (Å²) in [5.74, 6) is 2.35. The number of hydrogen-bond acceptors (Lipinski definition) is 3. The summed E-state index contributed by atoms with van der Waals surface area (Å²) < 4.78 is 5.26. The van der Waals surface area contributed by atoms with Gasteiger partial charge in [-0.05, 0) is 30.5 Å². The van der Waals surface area contributed by atoms with Gasteiger partial charge in [-0.2, -0.15) is 0 Å². The van der Waals surface area contributed by atoms with E-state index in [1.165, 1.54) is 31.2 Å². The topological polar surface area (TPSA) is 30.2 Å². The number of carbonyl (C=O) groups is 1.